The van der Waals surface area contributed by atoms with E-state index in [1.54, 1.807) is 0 Å². The number of allylic oxidation sites excluding steroid dienone is 1. The molecule has 1 heterocycles. The van der Waals surface area contributed by atoms with Crippen molar-refractivity contribution in [3.63, 3.8) is 0 Å². The van der Waals surface area contributed by atoms with Gasteiger partial charge in [-0.25, -0.2) is 4.39 Å². The number of piperidine rings is 1. The molecule has 4 heteroatoms. The first-order valence-electron chi connectivity index (χ1n) is 4.98. The maximum atomic E-state index is 13.3. The molecular formula is C10H17FN2O. The van der Waals surface area contributed by atoms with E-state index in [0.29, 0.717) is 25.1 Å². The van der Waals surface area contributed by atoms with Gasteiger partial charge in [0.1, 0.15) is 6.17 Å². The molecule has 0 bridgehead atoms. The molecular weight excluding hydrogens is 183 g/mol. The number of amides is 1. The molecule has 1 fully saturated rings. The quantitative estimate of drug-likeness (QED) is 0.713. The minimum Gasteiger partial charge on any atom is -0.330 e. The van der Waals surface area contributed by atoms with Gasteiger partial charge in [-0.1, -0.05) is 13.5 Å². The molecule has 1 rings (SSSR count). The summed E-state index contributed by atoms with van der Waals surface area (Å²) < 4.78 is 13.3. The molecule has 2 unspecified atom stereocenters. The summed E-state index contributed by atoms with van der Waals surface area (Å²) >= 11 is 0. The van der Waals surface area contributed by atoms with Crippen molar-refractivity contribution >= 4 is 5.91 Å². The monoisotopic (exact) mass is 200 g/mol. The summed E-state index contributed by atoms with van der Waals surface area (Å²) in [6.45, 7) is 6.54. The molecule has 0 aliphatic carbocycles. The van der Waals surface area contributed by atoms with E-state index in [-0.39, 0.29) is 12.5 Å². The fourth-order valence-electron chi connectivity index (χ4n) is 1.47. The Hall–Kier alpha value is -0.900. The van der Waals surface area contributed by atoms with E-state index in [0.717, 1.165) is 0 Å². The minimum absolute atomic E-state index is 0.231. The normalized spacial score (nSPS) is 27.0. The number of hydrogen-bond acceptors (Lipinski definition) is 2. The van der Waals surface area contributed by atoms with Gasteiger partial charge in [-0.15, -0.1) is 0 Å². The summed E-state index contributed by atoms with van der Waals surface area (Å²) in [5.74, 6) is -0.745. The molecule has 1 saturated heterocycles. The van der Waals surface area contributed by atoms with Gasteiger partial charge < -0.3 is 10.6 Å². The summed E-state index contributed by atoms with van der Waals surface area (Å²) in [4.78, 5) is 11.5. The summed E-state index contributed by atoms with van der Waals surface area (Å²) in [5, 5.41) is 5.54. The second kappa shape index (κ2) is 5.10. The lowest BCUT2D eigenvalue weighted by atomic mass is 9.95. The lowest BCUT2D eigenvalue weighted by molar-refractivity contribution is -0.127. The van der Waals surface area contributed by atoms with Gasteiger partial charge in [0.05, 0.1) is 5.92 Å². The van der Waals surface area contributed by atoms with Crippen molar-refractivity contribution in [3.8, 4) is 0 Å². The molecule has 14 heavy (non-hydrogen) atoms. The van der Waals surface area contributed by atoms with Crippen LogP contribution in [0, 0.1) is 5.92 Å². The highest BCUT2D eigenvalue weighted by Crippen LogP contribution is 2.16. The fourth-order valence-corrected chi connectivity index (χ4v) is 1.47. The van der Waals surface area contributed by atoms with Crippen LogP contribution >= 0.6 is 0 Å². The molecule has 0 radical (unpaired) electrons. The zero-order valence-electron chi connectivity index (χ0n) is 8.48. The largest absolute Gasteiger partial charge is 0.330 e. The Morgan fingerprint density at radius 2 is 2.43 bits per heavy atom. The predicted octanol–water partition coefficient (Wildman–Crippen LogP) is 0.974. The molecule has 2 atom stereocenters. The highest BCUT2D eigenvalue weighted by atomic mass is 19.1. The molecule has 0 saturated carbocycles. The van der Waals surface area contributed by atoms with Gasteiger partial charge in [0.2, 0.25) is 5.91 Å². The minimum atomic E-state index is -1.08. The van der Waals surface area contributed by atoms with Crippen LogP contribution in [0.3, 0.4) is 0 Å². The van der Waals surface area contributed by atoms with Crippen molar-refractivity contribution in [3.05, 3.63) is 12.3 Å². The third-order valence-electron chi connectivity index (χ3n) is 2.47. The Kier molecular flexibility index (Phi) is 4.07. The Bertz CT molecular complexity index is 230. The standard InChI is InChI=1S/C10H17FN2O/c1-3-7(2)13-10(14)8-4-5-12-6-9(8)11/h8-9,12H,2-6H2,1H3,(H,13,14). The van der Waals surface area contributed by atoms with E-state index in [1.165, 1.54) is 0 Å². The highest BCUT2D eigenvalue weighted by molar-refractivity contribution is 5.81. The molecule has 0 aromatic carbocycles. The topological polar surface area (TPSA) is 41.1 Å². The average Bonchev–Trinajstić information content (AvgIpc) is 2.18. The predicted molar refractivity (Wildman–Crippen MR) is 53.4 cm³/mol. The van der Waals surface area contributed by atoms with Crippen LogP contribution in [-0.2, 0) is 4.79 Å². The maximum Gasteiger partial charge on any atom is 0.230 e. The van der Waals surface area contributed by atoms with E-state index >= 15 is 0 Å². The van der Waals surface area contributed by atoms with Crippen LogP contribution in [0.4, 0.5) is 4.39 Å². The van der Waals surface area contributed by atoms with Crippen molar-refractivity contribution in [2.75, 3.05) is 13.1 Å². The van der Waals surface area contributed by atoms with Gasteiger partial charge in [-0.3, -0.25) is 4.79 Å². The number of carbonyl (C=O) groups excluding carboxylic acids is 1. The lowest BCUT2D eigenvalue weighted by Crippen LogP contribution is -2.45. The Morgan fingerprint density at radius 3 is 3.00 bits per heavy atom. The number of rotatable bonds is 3. The van der Waals surface area contributed by atoms with Crippen LogP contribution < -0.4 is 10.6 Å². The second-order valence-corrected chi connectivity index (χ2v) is 3.56. The van der Waals surface area contributed by atoms with E-state index in [1.807, 2.05) is 6.92 Å². The average molecular weight is 200 g/mol. The smallest absolute Gasteiger partial charge is 0.230 e. The SMILES string of the molecule is C=C(CC)NC(=O)C1CCNCC1F. The highest BCUT2D eigenvalue weighted by Gasteiger charge is 2.30. The van der Waals surface area contributed by atoms with Gasteiger partial charge in [-0.05, 0) is 19.4 Å². The van der Waals surface area contributed by atoms with E-state index < -0.39 is 12.1 Å². The van der Waals surface area contributed by atoms with Crippen molar-refractivity contribution in [1.82, 2.24) is 10.6 Å². The Morgan fingerprint density at radius 1 is 1.71 bits per heavy atom. The molecule has 80 valence electrons. The molecule has 0 spiro atoms. The first-order valence-corrected chi connectivity index (χ1v) is 4.98. The number of nitrogens with one attached hydrogen (secondary N) is 2. The number of carbonyl (C=O) groups is 1. The third kappa shape index (κ3) is 2.80. The third-order valence-corrected chi connectivity index (χ3v) is 2.47. The zero-order valence-corrected chi connectivity index (χ0v) is 8.48. The molecule has 0 aromatic heterocycles. The van der Waals surface area contributed by atoms with E-state index in [9.17, 15) is 9.18 Å². The molecule has 1 aliphatic heterocycles. The van der Waals surface area contributed by atoms with Crippen molar-refractivity contribution < 1.29 is 9.18 Å². The Labute approximate surface area is 83.8 Å². The summed E-state index contributed by atoms with van der Waals surface area (Å²) in [5.41, 5.74) is 0.653. The van der Waals surface area contributed by atoms with Crippen molar-refractivity contribution in [2.45, 2.75) is 25.9 Å². The van der Waals surface area contributed by atoms with Crippen LogP contribution in [0.25, 0.3) is 0 Å². The van der Waals surface area contributed by atoms with E-state index in [4.69, 9.17) is 0 Å². The van der Waals surface area contributed by atoms with Gasteiger partial charge in [0, 0.05) is 12.2 Å². The van der Waals surface area contributed by atoms with E-state index in [2.05, 4.69) is 17.2 Å². The molecule has 1 aliphatic rings. The number of alkyl halides is 1. The summed E-state index contributed by atoms with van der Waals surface area (Å²) in [6, 6.07) is 0. The second-order valence-electron chi connectivity index (χ2n) is 3.56. The first kappa shape index (κ1) is 11.2. The van der Waals surface area contributed by atoms with Crippen LogP contribution in [0.1, 0.15) is 19.8 Å². The number of hydrogen-bond donors (Lipinski definition) is 2. The van der Waals surface area contributed by atoms with Crippen LogP contribution in [-0.4, -0.2) is 25.2 Å². The molecule has 1 amide bonds. The van der Waals surface area contributed by atoms with Crippen LogP contribution in [0.15, 0.2) is 12.3 Å². The number of halogens is 1. The van der Waals surface area contributed by atoms with Gasteiger partial charge in [0.15, 0.2) is 0 Å². The van der Waals surface area contributed by atoms with Crippen LogP contribution in [0.2, 0.25) is 0 Å². The van der Waals surface area contributed by atoms with Gasteiger partial charge in [-0.2, -0.15) is 0 Å². The van der Waals surface area contributed by atoms with Crippen molar-refractivity contribution in [1.29, 1.82) is 0 Å². The first-order chi connectivity index (χ1) is 6.65. The zero-order chi connectivity index (χ0) is 10.6. The Balaban J connectivity index is 2.46. The van der Waals surface area contributed by atoms with Crippen LogP contribution in [0.5, 0.6) is 0 Å². The van der Waals surface area contributed by atoms with Gasteiger partial charge >= 0.3 is 0 Å². The summed E-state index contributed by atoms with van der Waals surface area (Å²) in [7, 11) is 0. The lowest BCUT2D eigenvalue weighted by Gasteiger charge is -2.25. The molecule has 2 N–H and O–H groups in total. The summed E-state index contributed by atoms with van der Waals surface area (Å²) in [6.07, 6.45) is 0.172. The van der Waals surface area contributed by atoms with Crippen molar-refractivity contribution in [2.24, 2.45) is 5.92 Å². The maximum absolute atomic E-state index is 13.3. The van der Waals surface area contributed by atoms with Gasteiger partial charge in [0.25, 0.3) is 0 Å². The molecule has 0 aromatic rings. The fraction of sp³-hybridized carbons (Fsp3) is 0.700. The molecule has 3 nitrogen and oxygen atoms in total.